The number of imide groups is 1. The second-order valence-electron chi connectivity index (χ2n) is 5.61. The zero-order valence-electron chi connectivity index (χ0n) is 11.7. The van der Waals surface area contributed by atoms with Gasteiger partial charge >= 0.3 is 12.1 Å². The number of carbonyl (C=O) groups excluding carboxylic acids is 2. The molecule has 3 rings (SSSR count). The van der Waals surface area contributed by atoms with E-state index in [0.717, 1.165) is 23.3 Å². The average Bonchev–Trinajstić information content (AvgIpc) is 3.28. The number of benzene rings is 1. The molecule has 112 valence electrons. The van der Waals surface area contributed by atoms with Crippen molar-refractivity contribution in [3.63, 3.8) is 0 Å². The summed E-state index contributed by atoms with van der Waals surface area (Å²) in [4.78, 5) is 24.6. The average molecular weight is 289 g/mol. The Balaban J connectivity index is 1.69. The second-order valence-corrected chi connectivity index (χ2v) is 5.61. The molecule has 1 aromatic carbocycles. The van der Waals surface area contributed by atoms with Crippen molar-refractivity contribution >= 4 is 12.1 Å². The minimum absolute atomic E-state index is 0.115. The topological polar surface area (TPSA) is 81.7 Å². The van der Waals surface area contributed by atoms with Gasteiger partial charge in [-0.1, -0.05) is 30.3 Å². The summed E-state index contributed by atoms with van der Waals surface area (Å²) < 4.78 is 0. The third-order valence-corrected chi connectivity index (χ3v) is 4.14. The van der Waals surface area contributed by atoms with Crippen molar-refractivity contribution < 1.29 is 14.7 Å². The van der Waals surface area contributed by atoms with Gasteiger partial charge in [-0.3, -0.25) is 0 Å². The van der Waals surface area contributed by atoms with Gasteiger partial charge in [-0.25, -0.2) is 14.5 Å². The van der Waals surface area contributed by atoms with Crippen LogP contribution in [0.1, 0.15) is 18.4 Å². The van der Waals surface area contributed by atoms with Crippen molar-refractivity contribution in [1.29, 1.82) is 0 Å². The number of aliphatic hydroxyl groups is 1. The standard InChI is InChI=1S/C15H19N3O3/c19-13-16-8-9-18(13)14(20)17-10-15(21,12-6-7-12)11-4-2-1-3-5-11/h1-5,12,21H,6-10H2,(H,16,19)(H,17,20)/t15-/m0/s1. The van der Waals surface area contributed by atoms with Crippen LogP contribution in [0.4, 0.5) is 9.59 Å². The fraction of sp³-hybridized carbons (Fsp3) is 0.467. The quantitative estimate of drug-likeness (QED) is 0.774. The van der Waals surface area contributed by atoms with Crippen molar-refractivity contribution in [1.82, 2.24) is 15.5 Å². The van der Waals surface area contributed by atoms with Gasteiger partial charge in [0, 0.05) is 13.1 Å². The molecule has 0 spiro atoms. The van der Waals surface area contributed by atoms with Crippen molar-refractivity contribution in [2.75, 3.05) is 19.6 Å². The highest BCUT2D eigenvalue weighted by Gasteiger charge is 2.45. The Labute approximate surface area is 123 Å². The summed E-state index contributed by atoms with van der Waals surface area (Å²) in [7, 11) is 0. The lowest BCUT2D eigenvalue weighted by atomic mass is 9.89. The molecule has 6 nitrogen and oxygen atoms in total. The van der Waals surface area contributed by atoms with Crippen LogP contribution >= 0.6 is 0 Å². The van der Waals surface area contributed by atoms with Crippen molar-refractivity contribution in [2.24, 2.45) is 5.92 Å². The first-order valence-electron chi connectivity index (χ1n) is 7.22. The predicted octanol–water partition coefficient (Wildman–Crippen LogP) is 1.02. The van der Waals surface area contributed by atoms with E-state index in [1.165, 1.54) is 0 Å². The van der Waals surface area contributed by atoms with Gasteiger partial charge in [0.05, 0.1) is 6.54 Å². The third kappa shape index (κ3) is 2.71. The molecule has 1 aliphatic carbocycles. The maximum absolute atomic E-state index is 12.0. The largest absolute Gasteiger partial charge is 0.383 e. The summed E-state index contributed by atoms with van der Waals surface area (Å²) in [5, 5.41) is 16.2. The molecule has 21 heavy (non-hydrogen) atoms. The van der Waals surface area contributed by atoms with Crippen LogP contribution in [-0.4, -0.2) is 41.7 Å². The highest BCUT2D eigenvalue weighted by atomic mass is 16.3. The molecule has 2 fully saturated rings. The fourth-order valence-corrected chi connectivity index (χ4v) is 2.74. The predicted molar refractivity (Wildman–Crippen MR) is 76.6 cm³/mol. The Hall–Kier alpha value is -2.08. The SMILES string of the molecule is O=C1NCCN1C(=O)NC[C@](O)(c1ccccc1)C1CC1. The number of hydrogen-bond acceptors (Lipinski definition) is 3. The van der Waals surface area contributed by atoms with E-state index in [4.69, 9.17) is 0 Å². The van der Waals surface area contributed by atoms with E-state index >= 15 is 0 Å². The number of amides is 4. The Morgan fingerprint density at radius 2 is 2.10 bits per heavy atom. The maximum Gasteiger partial charge on any atom is 0.325 e. The molecule has 6 heteroatoms. The molecule has 1 aromatic rings. The summed E-state index contributed by atoms with van der Waals surface area (Å²) >= 11 is 0. The van der Waals surface area contributed by atoms with E-state index in [-0.39, 0.29) is 18.5 Å². The molecule has 2 aliphatic rings. The molecule has 1 saturated carbocycles. The van der Waals surface area contributed by atoms with E-state index < -0.39 is 11.6 Å². The molecule has 0 bridgehead atoms. The highest BCUT2D eigenvalue weighted by molar-refractivity contribution is 5.94. The van der Waals surface area contributed by atoms with Gasteiger partial charge in [0.1, 0.15) is 5.60 Å². The Kier molecular flexibility index (Phi) is 3.55. The Morgan fingerprint density at radius 3 is 2.67 bits per heavy atom. The Bertz CT molecular complexity index is 544. The van der Waals surface area contributed by atoms with Crippen LogP contribution in [0.3, 0.4) is 0 Å². The molecular weight excluding hydrogens is 270 g/mol. The first-order chi connectivity index (χ1) is 10.1. The minimum Gasteiger partial charge on any atom is -0.383 e. The molecule has 0 unspecified atom stereocenters. The summed E-state index contributed by atoms with van der Waals surface area (Å²) in [6, 6.07) is 8.53. The number of nitrogens with zero attached hydrogens (tertiary/aromatic N) is 1. The zero-order valence-corrected chi connectivity index (χ0v) is 11.7. The molecule has 1 aliphatic heterocycles. The van der Waals surface area contributed by atoms with Crippen LogP contribution in [-0.2, 0) is 5.60 Å². The number of urea groups is 2. The van der Waals surface area contributed by atoms with E-state index in [0.29, 0.717) is 13.1 Å². The monoisotopic (exact) mass is 289 g/mol. The lowest BCUT2D eigenvalue weighted by Gasteiger charge is -2.29. The molecule has 1 atom stereocenters. The van der Waals surface area contributed by atoms with Gasteiger partial charge in [0.15, 0.2) is 0 Å². The zero-order chi connectivity index (χ0) is 14.9. The fourth-order valence-electron chi connectivity index (χ4n) is 2.74. The van der Waals surface area contributed by atoms with Crippen LogP contribution < -0.4 is 10.6 Å². The molecular formula is C15H19N3O3. The minimum atomic E-state index is -1.06. The third-order valence-electron chi connectivity index (χ3n) is 4.14. The molecule has 0 aromatic heterocycles. The summed E-state index contributed by atoms with van der Waals surface area (Å²) in [6.45, 7) is 0.944. The lowest BCUT2D eigenvalue weighted by Crippen LogP contribution is -2.48. The number of nitrogens with one attached hydrogen (secondary N) is 2. The van der Waals surface area contributed by atoms with Gasteiger partial charge in [0.25, 0.3) is 0 Å². The van der Waals surface area contributed by atoms with Crippen LogP contribution in [0, 0.1) is 5.92 Å². The maximum atomic E-state index is 12.0. The second kappa shape index (κ2) is 5.37. The van der Waals surface area contributed by atoms with Crippen LogP contribution in [0.25, 0.3) is 0 Å². The summed E-state index contributed by atoms with van der Waals surface area (Å²) in [5.74, 6) is 0.160. The van der Waals surface area contributed by atoms with E-state index in [1.54, 1.807) is 0 Å². The van der Waals surface area contributed by atoms with Gasteiger partial charge in [0.2, 0.25) is 0 Å². The van der Waals surface area contributed by atoms with Crippen LogP contribution in [0.2, 0.25) is 0 Å². The molecule has 1 heterocycles. The molecule has 1 saturated heterocycles. The normalized spacial score (nSPS) is 20.8. The van der Waals surface area contributed by atoms with E-state index in [2.05, 4.69) is 10.6 Å². The van der Waals surface area contributed by atoms with Gasteiger partial charge < -0.3 is 15.7 Å². The number of carbonyl (C=O) groups is 2. The van der Waals surface area contributed by atoms with E-state index in [9.17, 15) is 14.7 Å². The van der Waals surface area contributed by atoms with Gasteiger partial charge in [-0.2, -0.15) is 0 Å². The summed E-state index contributed by atoms with van der Waals surface area (Å²) in [5.41, 5.74) is -0.258. The smallest absolute Gasteiger partial charge is 0.325 e. The van der Waals surface area contributed by atoms with Gasteiger partial charge in [-0.15, -0.1) is 0 Å². The lowest BCUT2D eigenvalue weighted by molar-refractivity contribution is 0.0152. The van der Waals surface area contributed by atoms with Gasteiger partial charge in [-0.05, 0) is 24.3 Å². The van der Waals surface area contributed by atoms with E-state index in [1.807, 2.05) is 30.3 Å². The van der Waals surface area contributed by atoms with Crippen molar-refractivity contribution in [3.05, 3.63) is 35.9 Å². The Morgan fingerprint density at radius 1 is 1.38 bits per heavy atom. The van der Waals surface area contributed by atoms with Crippen molar-refractivity contribution in [3.8, 4) is 0 Å². The van der Waals surface area contributed by atoms with Crippen molar-refractivity contribution in [2.45, 2.75) is 18.4 Å². The highest BCUT2D eigenvalue weighted by Crippen LogP contribution is 2.45. The van der Waals surface area contributed by atoms with Crippen LogP contribution in [0.5, 0.6) is 0 Å². The van der Waals surface area contributed by atoms with Crippen LogP contribution in [0.15, 0.2) is 30.3 Å². The molecule has 4 amide bonds. The first-order valence-corrected chi connectivity index (χ1v) is 7.22. The number of hydrogen-bond donors (Lipinski definition) is 3. The number of rotatable bonds is 4. The summed E-state index contributed by atoms with van der Waals surface area (Å²) in [6.07, 6.45) is 1.90. The first kappa shape index (κ1) is 13.9. The molecule has 0 radical (unpaired) electrons. The molecule has 3 N–H and O–H groups in total.